The molecule has 0 saturated carbocycles. The number of oxazole rings is 1. The maximum absolute atomic E-state index is 5.52. The lowest BCUT2D eigenvalue weighted by Crippen LogP contribution is -2.15. The van der Waals surface area contributed by atoms with E-state index in [0.717, 1.165) is 22.5 Å². The fourth-order valence-electron chi connectivity index (χ4n) is 2.00. The van der Waals surface area contributed by atoms with Crippen LogP contribution in [0.3, 0.4) is 0 Å². The summed E-state index contributed by atoms with van der Waals surface area (Å²) < 4.78 is 10.5. The van der Waals surface area contributed by atoms with Gasteiger partial charge in [-0.3, -0.25) is 0 Å². The first-order chi connectivity index (χ1) is 9.11. The molecule has 0 aliphatic heterocycles. The fraction of sp³-hybridized carbons (Fsp3) is 0.231. The minimum atomic E-state index is 0.394. The normalized spacial score (nSPS) is 11.1. The number of nitrogens with two attached hydrogens (primary N) is 1. The predicted octanol–water partition coefficient (Wildman–Crippen LogP) is 2.34. The van der Waals surface area contributed by atoms with Crippen LogP contribution in [0.25, 0.3) is 11.1 Å². The molecule has 0 bridgehead atoms. The van der Waals surface area contributed by atoms with Crippen LogP contribution >= 0.6 is 0 Å². The lowest BCUT2D eigenvalue weighted by Gasteiger charge is -2.17. The Morgan fingerprint density at radius 3 is 2.89 bits per heavy atom. The summed E-state index contributed by atoms with van der Waals surface area (Å²) in [5, 5.41) is 3.67. The van der Waals surface area contributed by atoms with Crippen LogP contribution in [0.15, 0.2) is 33.2 Å². The highest BCUT2D eigenvalue weighted by atomic mass is 16.5. The summed E-state index contributed by atoms with van der Waals surface area (Å²) in [7, 11) is 1.97. The van der Waals surface area contributed by atoms with E-state index in [0.29, 0.717) is 18.3 Å². The molecule has 2 aromatic heterocycles. The van der Waals surface area contributed by atoms with Crippen LogP contribution in [-0.2, 0) is 6.54 Å². The van der Waals surface area contributed by atoms with Crippen LogP contribution in [0.2, 0.25) is 0 Å². The highest BCUT2D eigenvalue weighted by molar-refractivity contribution is 5.77. The standard InChI is InChI=1S/C13H14N4O2/c1-8-15-11-5-9(3-4-12(11)18-8)17(2)7-10-6-13(14)16-19-10/h3-6H,7H2,1-2H3,(H2,14,16). The Kier molecular flexibility index (Phi) is 2.63. The van der Waals surface area contributed by atoms with E-state index >= 15 is 0 Å². The first-order valence-electron chi connectivity index (χ1n) is 5.91. The van der Waals surface area contributed by atoms with E-state index in [1.54, 1.807) is 6.07 Å². The molecule has 1 aromatic carbocycles. The van der Waals surface area contributed by atoms with Gasteiger partial charge < -0.3 is 19.6 Å². The van der Waals surface area contributed by atoms with Crippen molar-refractivity contribution in [3.8, 4) is 0 Å². The maximum Gasteiger partial charge on any atom is 0.192 e. The quantitative estimate of drug-likeness (QED) is 0.776. The number of aromatic nitrogens is 2. The van der Waals surface area contributed by atoms with Crippen molar-refractivity contribution in [1.82, 2.24) is 10.1 Å². The summed E-state index contributed by atoms with van der Waals surface area (Å²) in [6, 6.07) is 7.59. The molecule has 98 valence electrons. The highest BCUT2D eigenvalue weighted by Gasteiger charge is 2.09. The molecule has 0 unspecified atom stereocenters. The molecule has 0 spiro atoms. The third-order valence-electron chi connectivity index (χ3n) is 2.89. The van der Waals surface area contributed by atoms with Crippen molar-refractivity contribution < 1.29 is 8.94 Å². The summed E-state index contributed by atoms with van der Waals surface area (Å²) in [5.41, 5.74) is 8.18. The molecule has 3 rings (SSSR count). The molecule has 3 aromatic rings. The third kappa shape index (κ3) is 2.24. The SMILES string of the molecule is Cc1nc2cc(N(C)Cc3cc(N)no3)ccc2o1. The lowest BCUT2D eigenvalue weighted by atomic mass is 10.2. The molecule has 0 saturated heterocycles. The summed E-state index contributed by atoms with van der Waals surface area (Å²) in [4.78, 5) is 6.35. The molecule has 0 amide bonds. The first kappa shape index (κ1) is 11.6. The van der Waals surface area contributed by atoms with E-state index in [1.165, 1.54) is 0 Å². The molecule has 0 fully saturated rings. The number of anilines is 2. The second kappa shape index (κ2) is 4.31. The van der Waals surface area contributed by atoms with Crippen molar-refractivity contribution in [3.63, 3.8) is 0 Å². The van der Waals surface area contributed by atoms with Gasteiger partial charge in [-0.1, -0.05) is 5.16 Å². The fourth-order valence-corrected chi connectivity index (χ4v) is 2.00. The molecular formula is C13H14N4O2. The van der Waals surface area contributed by atoms with Gasteiger partial charge >= 0.3 is 0 Å². The zero-order valence-corrected chi connectivity index (χ0v) is 10.8. The van der Waals surface area contributed by atoms with Crippen molar-refractivity contribution in [2.75, 3.05) is 17.7 Å². The topological polar surface area (TPSA) is 81.3 Å². The van der Waals surface area contributed by atoms with Gasteiger partial charge in [0.05, 0.1) is 6.54 Å². The second-order valence-corrected chi connectivity index (χ2v) is 4.46. The van der Waals surface area contributed by atoms with Gasteiger partial charge in [-0.25, -0.2) is 4.98 Å². The largest absolute Gasteiger partial charge is 0.441 e. The minimum Gasteiger partial charge on any atom is -0.441 e. The molecule has 0 aliphatic carbocycles. The van der Waals surface area contributed by atoms with Gasteiger partial charge in [0.2, 0.25) is 0 Å². The molecule has 0 aliphatic rings. The van der Waals surface area contributed by atoms with Crippen molar-refractivity contribution >= 4 is 22.6 Å². The molecule has 0 radical (unpaired) electrons. The molecule has 0 atom stereocenters. The predicted molar refractivity (Wildman–Crippen MR) is 71.8 cm³/mol. The van der Waals surface area contributed by atoms with Crippen molar-refractivity contribution in [1.29, 1.82) is 0 Å². The van der Waals surface area contributed by atoms with Crippen molar-refractivity contribution in [2.24, 2.45) is 0 Å². The number of nitrogens with zero attached hydrogens (tertiary/aromatic N) is 3. The number of aryl methyl sites for hydroxylation is 1. The van der Waals surface area contributed by atoms with E-state index in [9.17, 15) is 0 Å². The Hall–Kier alpha value is -2.50. The van der Waals surface area contributed by atoms with E-state index < -0.39 is 0 Å². The van der Waals surface area contributed by atoms with Gasteiger partial charge in [-0.2, -0.15) is 0 Å². The third-order valence-corrected chi connectivity index (χ3v) is 2.89. The first-order valence-corrected chi connectivity index (χ1v) is 5.91. The van der Waals surface area contributed by atoms with Gasteiger partial charge in [-0.05, 0) is 18.2 Å². The molecular weight excluding hydrogens is 244 g/mol. The number of rotatable bonds is 3. The van der Waals surface area contributed by atoms with Crippen molar-refractivity contribution in [2.45, 2.75) is 13.5 Å². The van der Waals surface area contributed by atoms with E-state index in [-0.39, 0.29) is 0 Å². The summed E-state index contributed by atoms with van der Waals surface area (Å²) in [6.45, 7) is 2.42. The van der Waals surface area contributed by atoms with Crippen LogP contribution in [0.5, 0.6) is 0 Å². The molecule has 6 heteroatoms. The van der Waals surface area contributed by atoms with Crippen LogP contribution in [-0.4, -0.2) is 17.2 Å². The average Bonchev–Trinajstić information content (AvgIpc) is 2.93. The molecule has 19 heavy (non-hydrogen) atoms. The van der Waals surface area contributed by atoms with Gasteiger partial charge in [0.15, 0.2) is 23.1 Å². The average molecular weight is 258 g/mol. The highest BCUT2D eigenvalue weighted by Crippen LogP contribution is 2.23. The van der Waals surface area contributed by atoms with Crippen LogP contribution < -0.4 is 10.6 Å². The van der Waals surface area contributed by atoms with Crippen molar-refractivity contribution in [3.05, 3.63) is 35.9 Å². The smallest absolute Gasteiger partial charge is 0.192 e. The number of nitrogen functional groups attached to an aromatic ring is 1. The van der Waals surface area contributed by atoms with Gasteiger partial charge in [-0.15, -0.1) is 0 Å². The van der Waals surface area contributed by atoms with Crippen LogP contribution in [0.4, 0.5) is 11.5 Å². The van der Waals surface area contributed by atoms with E-state index in [4.69, 9.17) is 14.7 Å². The van der Waals surface area contributed by atoms with Gasteiger partial charge in [0.25, 0.3) is 0 Å². The monoisotopic (exact) mass is 258 g/mol. The van der Waals surface area contributed by atoms with Gasteiger partial charge in [0.1, 0.15) is 5.52 Å². The second-order valence-electron chi connectivity index (χ2n) is 4.46. The Balaban J connectivity index is 1.86. The van der Waals surface area contributed by atoms with E-state index in [2.05, 4.69) is 10.1 Å². The number of hydrogen-bond donors (Lipinski definition) is 1. The Bertz CT molecular complexity index is 716. The number of fused-ring (bicyclic) bond motifs is 1. The Morgan fingerprint density at radius 1 is 1.32 bits per heavy atom. The molecule has 2 heterocycles. The Labute approximate surface area is 109 Å². The lowest BCUT2D eigenvalue weighted by molar-refractivity contribution is 0.385. The maximum atomic E-state index is 5.52. The minimum absolute atomic E-state index is 0.394. The van der Waals surface area contributed by atoms with Crippen LogP contribution in [0, 0.1) is 6.92 Å². The number of benzene rings is 1. The van der Waals surface area contributed by atoms with Gasteiger partial charge in [0, 0.05) is 25.7 Å². The Morgan fingerprint density at radius 2 is 2.16 bits per heavy atom. The summed E-state index contributed by atoms with van der Waals surface area (Å²) >= 11 is 0. The molecule has 2 N–H and O–H groups in total. The summed E-state index contributed by atoms with van der Waals surface area (Å²) in [5.74, 6) is 1.78. The summed E-state index contributed by atoms with van der Waals surface area (Å²) in [6.07, 6.45) is 0. The zero-order chi connectivity index (χ0) is 13.4. The van der Waals surface area contributed by atoms with Crippen LogP contribution in [0.1, 0.15) is 11.7 Å². The molecule has 6 nitrogen and oxygen atoms in total. The van der Waals surface area contributed by atoms with E-state index in [1.807, 2.05) is 37.1 Å². The zero-order valence-electron chi connectivity index (χ0n) is 10.8. The number of hydrogen-bond acceptors (Lipinski definition) is 6.